The molecule has 3 aromatic heterocycles. The van der Waals surface area contributed by atoms with Crippen LogP contribution in [-0.4, -0.2) is 25.8 Å². The van der Waals surface area contributed by atoms with E-state index in [2.05, 4.69) is 25.3 Å². The number of carbonyl (C=O) groups is 1. The summed E-state index contributed by atoms with van der Waals surface area (Å²) >= 11 is 0. The van der Waals surface area contributed by atoms with Gasteiger partial charge in [-0.1, -0.05) is 12.1 Å². The summed E-state index contributed by atoms with van der Waals surface area (Å²) in [6.45, 7) is 1.99. The van der Waals surface area contributed by atoms with Crippen LogP contribution in [0.2, 0.25) is 0 Å². The summed E-state index contributed by atoms with van der Waals surface area (Å²) in [5.41, 5.74) is 2.94. The smallest absolute Gasteiger partial charge is 0.257 e. The molecular weight excluding hydrogens is 364 g/mol. The molecule has 0 aliphatic rings. The van der Waals surface area contributed by atoms with Crippen molar-refractivity contribution in [3.8, 4) is 0 Å². The van der Waals surface area contributed by atoms with Crippen molar-refractivity contribution < 1.29 is 4.79 Å². The summed E-state index contributed by atoms with van der Waals surface area (Å²) in [5.74, 6) is 0.941. The lowest BCUT2D eigenvalue weighted by Crippen LogP contribution is -2.17. The number of benzene rings is 1. The van der Waals surface area contributed by atoms with Gasteiger partial charge in [0.25, 0.3) is 5.91 Å². The maximum Gasteiger partial charge on any atom is 0.257 e. The highest BCUT2D eigenvalue weighted by molar-refractivity contribution is 6.04. The predicted molar refractivity (Wildman–Crippen MR) is 111 cm³/mol. The Bertz CT molecular complexity index is 1060. The first-order chi connectivity index (χ1) is 14.2. The molecule has 1 amide bonds. The third kappa shape index (κ3) is 4.08. The number of rotatable bonds is 5. The van der Waals surface area contributed by atoms with Gasteiger partial charge >= 0.3 is 0 Å². The Morgan fingerprint density at radius 2 is 1.72 bits per heavy atom. The molecule has 0 spiro atoms. The van der Waals surface area contributed by atoms with Gasteiger partial charge in [0.05, 0.1) is 11.3 Å². The highest BCUT2D eigenvalue weighted by Crippen LogP contribution is 2.34. The molecule has 0 unspecified atom stereocenters. The Hall–Kier alpha value is -4.13. The fourth-order valence-electron chi connectivity index (χ4n) is 2.85. The number of carbonyl (C=O) groups excluding carboxylic acids is 1. The number of aromatic nitrogens is 4. The van der Waals surface area contributed by atoms with Crippen molar-refractivity contribution in [2.24, 2.45) is 0 Å². The van der Waals surface area contributed by atoms with E-state index >= 15 is 0 Å². The summed E-state index contributed by atoms with van der Waals surface area (Å²) in [6, 6.07) is 16.5. The molecule has 0 aliphatic carbocycles. The van der Waals surface area contributed by atoms with Gasteiger partial charge in [-0.15, -0.1) is 0 Å². The summed E-state index contributed by atoms with van der Waals surface area (Å²) in [6.07, 6.45) is 8.24. The number of pyridine rings is 2. The average Bonchev–Trinajstić information content (AvgIpc) is 2.78. The van der Waals surface area contributed by atoms with Crippen molar-refractivity contribution in [2.45, 2.75) is 6.92 Å². The second-order valence-corrected chi connectivity index (χ2v) is 6.27. The minimum absolute atomic E-state index is 0.228. The monoisotopic (exact) mass is 382 g/mol. The highest BCUT2D eigenvalue weighted by Gasteiger charge is 2.18. The lowest BCUT2D eigenvalue weighted by molar-refractivity contribution is 0.102. The van der Waals surface area contributed by atoms with Gasteiger partial charge in [-0.05, 0) is 55.0 Å². The Morgan fingerprint density at radius 1 is 0.897 bits per heavy atom. The average molecular weight is 382 g/mol. The zero-order valence-corrected chi connectivity index (χ0v) is 15.7. The first-order valence-corrected chi connectivity index (χ1v) is 9.02. The maximum absolute atomic E-state index is 12.5. The molecule has 0 fully saturated rings. The van der Waals surface area contributed by atoms with E-state index in [1.807, 2.05) is 48.2 Å². The third-order valence-electron chi connectivity index (χ3n) is 4.26. The summed E-state index contributed by atoms with van der Waals surface area (Å²) in [5, 5.41) is 2.92. The molecule has 0 atom stereocenters. The topological polar surface area (TPSA) is 83.9 Å². The van der Waals surface area contributed by atoms with Gasteiger partial charge in [0.15, 0.2) is 0 Å². The van der Waals surface area contributed by atoms with Crippen molar-refractivity contribution in [1.82, 2.24) is 19.9 Å². The normalized spacial score (nSPS) is 10.4. The number of nitrogens with one attached hydrogen (secondary N) is 1. The molecule has 0 saturated heterocycles. The van der Waals surface area contributed by atoms with Crippen LogP contribution >= 0.6 is 0 Å². The van der Waals surface area contributed by atoms with E-state index in [4.69, 9.17) is 0 Å². The Morgan fingerprint density at radius 3 is 2.45 bits per heavy atom. The molecule has 0 bridgehead atoms. The zero-order chi connectivity index (χ0) is 20.1. The molecule has 1 aromatic carbocycles. The Kier molecular flexibility index (Phi) is 5.20. The second-order valence-electron chi connectivity index (χ2n) is 6.27. The van der Waals surface area contributed by atoms with E-state index in [9.17, 15) is 4.79 Å². The molecule has 7 nitrogen and oxygen atoms in total. The molecule has 29 heavy (non-hydrogen) atoms. The molecule has 1 N–H and O–H groups in total. The molecule has 4 aromatic rings. The van der Waals surface area contributed by atoms with E-state index in [1.54, 1.807) is 43.0 Å². The molecular formula is C22H18N6O. The first kappa shape index (κ1) is 18.2. The number of hydrogen-bond donors (Lipinski definition) is 1. The summed E-state index contributed by atoms with van der Waals surface area (Å²) in [7, 11) is 0. The minimum atomic E-state index is -0.228. The zero-order valence-electron chi connectivity index (χ0n) is 15.7. The van der Waals surface area contributed by atoms with Crippen molar-refractivity contribution in [2.75, 3.05) is 10.2 Å². The molecule has 7 heteroatoms. The van der Waals surface area contributed by atoms with Crippen LogP contribution in [0.3, 0.4) is 0 Å². The van der Waals surface area contributed by atoms with Crippen LogP contribution < -0.4 is 10.2 Å². The first-order valence-electron chi connectivity index (χ1n) is 9.02. The highest BCUT2D eigenvalue weighted by atomic mass is 16.1. The maximum atomic E-state index is 12.5. The van der Waals surface area contributed by atoms with Crippen LogP contribution in [0.5, 0.6) is 0 Å². The second kappa shape index (κ2) is 8.26. The van der Waals surface area contributed by atoms with E-state index in [0.29, 0.717) is 23.0 Å². The number of amides is 1. The van der Waals surface area contributed by atoms with Crippen molar-refractivity contribution in [1.29, 1.82) is 0 Å². The Balaban J connectivity index is 1.74. The standard InChI is InChI=1S/C22H18N6O/c1-16-8-9-18(27-21(29)17-6-4-10-23-15-17)14-19(16)28(20-7-2-3-11-24-20)22-25-12-5-13-26-22/h2-15H,1H3,(H,27,29). The van der Waals surface area contributed by atoms with E-state index < -0.39 is 0 Å². The van der Waals surface area contributed by atoms with Crippen molar-refractivity contribution in [3.63, 3.8) is 0 Å². The van der Waals surface area contributed by atoms with Gasteiger partial charge < -0.3 is 5.32 Å². The SMILES string of the molecule is Cc1ccc(NC(=O)c2cccnc2)cc1N(c1ccccn1)c1ncccn1. The van der Waals surface area contributed by atoms with Crippen LogP contribution in [0.1, 0.15) is 15.9 Å². The fourth-order valence-corrected chi connectivity index (χ4v) is 2.85. The van der Waals surface area contributed by atoms with Gasteiger partial charge in [-0.25, -0.2) is 15.0 Å². The lowest BCUT2D eigenvalue weighted by atomic mass is 10.1. The third-order valence-corrected chi connectivity index (χ3v) is 4.26. The van der Waals surface area contributed by atoms with Crippen LogP contribution in [0.15, 0.2) is 85.6 Å². The Labute approximate surface area is 168 Å². The molecule has 3 heterocycles. The van der Waals surface area contributed by atoms with Crippen LogP contribution in [0.25, 0.3) is 0 Å². The molecule has 0 radical (unpaired) electrons. The van der Waals surface area contributed by atoms with Gasteiger partial charge in [0.1, 0.15) is 5.82 Å². The van der Waals surface area contributed by atoms with Gasteiger partial charge in [0, 0.05) is 36.7 Å². The summed E-state index contributed by atoms with van der Waals surface area (Å²) < 4.78 is 0. The molecule has 0 saturated carbocycles. The van der Waals surface area contributed by atoms with Gasteiger partial charge in [-0.3, -0.25) is 14.7 Å². The van der Waals surface area contributed by atoms with Gasteiger partial charge in [-0.2, -0.15) is 0 Å². The predicted octanol–water partition coefficient (Wildman–Crippen LogP) is 4.30. The molecule has 0 aliphatic heterocycles. The van der Waals surface area contributed by atoms with Crippen LogP contribution in [0.4, 0.5) is 23.1 Å². The minimum Gasteiger partial charge on any atom is -0.322 e. The van der Waals surface area contributed by atoms with Gasteiger partial charge in [0.2, 0.25) is 5.95 Å². The van der Waals surface area contributed by atoms with Crippen molar-refractivity contribution in [3.05, 3.63) is 96.7 Å². The quantitative estimate of drug-likeness (QED) is 0.554. The number of anilines is 4. The van der Waals surface area contributed by atoms with E-state index in [-0.39, 0.29) is 5.91 Å². The fraction of sp³-hybridized carbons (Fsp3) is 0.0455. The molecule has 4 rings (SSSR count). The number of hydrogen-bond acceptors (Lipinski definition) is 6. The van der Waals surface area contributed by atoms with Crippen molar-refractivity contribution >= 4 is 29.0 Å². The van der Waals surface area contributed by atoms with Crippen LogP contribution in [0, 0.1) is 6.92 Å². The largest absolute Gasteiger partial charge is 0.322 e. The lowest BCUT2D eigenvalue weighted by Gasteiger charge is -2.24. The number of aryl methyl sites for hydroxylation is 1. The summed E-state index contributed by atoms with van der Waals surface area (Å²) in [4.78, 5) is 31.6. The van der Waals surface area contributed by atoms with Crippen LogP contribution in [-0.2, 0) is 0 Å². The van der Waals surface area contributed by atoms with E-state index in [1.165, 1.54) is 6.20 Å². The molecule has 142 valence electrons. The number of nitrogens with zero attached hydrogens (tertiary/aromatic N) is 5. The van der Waals surface area contributed by atoms with E-state index in [0.717, 1.165) is 11.3 Å².